The number of terminal acetylenes is 1. The van der Waals surface area contributed by atoms with E-state index in [4.69, 9.17) is 11.2 Å². The molecule has 0 radical (unpaired) electrons. The van der Waals surface area contributed by atoms with Crippen molar-refractivity contribution in [2.45, 2.75) is 12.5 Å². The van der Waals surface area contributed by atoms with Crippen LogP contribution in [0.1, 0.15) is 15.9 Å². The number of cyclic esters (lactones) is 1. The minimum atomic E-state index is -0.786. The lowest BCUT2D eigenvalue weighted by Crippen LogP contribution is -2.41. The van der Waals surface area contributed by atoms with Crippen molar-refractivity contribution in [2.75, 3.05) is 6.54 Å². The van der Waals surface area contributed by atoms with Crippen LogP contribution in [0.15, 0.2) is 24.3 Å². The summed E-state index contributed by atoms with van der Waals surface area (Å²) in [4.78, 5) is 23.3. The Kier molecular flexibility index (Phi) is 3.10. The maximum absolute atomic E-state index is 11.6. The van der Waals surface area contributed by atoms with E-state index < -0.39 is 12.1 Å². The summed E-state index contributed by atoms with van der Waals surface area (Å²) < 4.78 is 5.05. The van der Waals surface area contributed by atoms with Crippen LogP contribution in [0.25, 0.3) is 0 Å². The van der Waals surface area contributed by atoms with E-state index in [9.17, 15) is 9.59 Å². The summed E-state index contributed by atoms with van der Waals surface area (Å²) in [7, 11) is 0. The van der Waals surface area contributed by atoms with Crippen LogP contribution in [0.2, 0.25) is 0 Å². The largest absolute Gasteiger partial charge is 0.448 e. The lowest BCUT2D eigenvalue weighted by atomic mass is 9.98. The number of amides is 1. The number of carbonyl (C=O) groups excluding carboxylic acids is 2. The average molecular weight is 229 g/mol. The molecule has 1 aliphatic heterocycles. The summed E-state index contributed by atoms with van der Waals surface area (Å²) >= 11 is 0. The Bertz CT molecular complexity index is 502. The van der Waals surface area contributed by atoms with Gasteiger partial charge in [-0.2, -0.15) is 0 Å². The molecule has 0 fully saturated rings. The predicted molar refractivity (Wildman–Crippen MR) is 61.2 cm³/mol. The van der Waals surface area contributed by atoms with E-state index >= 15 is 0 Å². The number of rotatable bonds is 2. The molecule has 1 N–H and O–H groups in total. The van der Waals surface area contributed by atoms with Crippen molar-refractivity contribution in [2.24, 2.45) is 0 Å². The van der Waals surface area contributed by atoms with Gasteiger partial charge in [-0.3, -0.25) is 4.79 Å². The van der Waals surface area contributed by atoms with Crippen LogP contribution in [-0.4, -0.2) is 24.5 Å². The summed E-state index contributed by atoms with van der Waals surface area (Å²) in [6.45, 7) is 0.133. The van der Waals surface area contributed by atoms with Crippen LogP contribution in [0.3, 0.4) is 0 Å². The molecule has 4 nitrogen and oxygen atoms in total. The Morgan fingerprint density at radius 2 is 2.29 bits per heavy atom. The lowest BCUT2D eigenvalue weighted by molar-refractivity contribution is -0.130. The van der Waals surface area contributed by atoms with Gasteiger partial charge < -0.3 is 10.1 Å². The van der Waals surface area contributed by atoms with E-state index in [0.29, 0.717) is 12.0 Å². The topological polar surface area (TPSA) is 55.4 Å². The van der Waals surface area contributed by atoms with Crippen LogP contribution in [0, 0.1) is 12.3 Å². The van der Waals surface area contributed by atoms with Crippen molar-refractivity contribution in [1.29, 1.82) is 0 Å². The first-order valence-electron chi connectivity index (χ1n) is 5.22. The van der Waals surface area contributed by atoms with E-state index in [1.807, 2.05) is 12.1 Å². The molecule has 0 aromatic heterocycles. The zero-order chi connectivity index (χ0) is 12.3. The van der Waals surface area contributed by atoms with Gasteiger partial charge in [-0.25, -0.2) is 4.79 Å². The second kappa shape index (κ2) is 4.71. The molecule has 0 aliphatic carbocycles. The number of hydrogen-bond acceptors (Lipinski definition) is 3. The maximum Gasteiger partial charge on any atom is 0.339 e. The van der Waals surface area contributed by atoms with Crippen molar-refractivity contribution in [3.05, 3.63) is 35.4 Å². The first-order valence-corrected chi connectivity index (χ1v) is 5.22. The molecule has 1 atom stereocenters. The van der Waals surface area contributed by atoms with Crippen molar-refractivity contribution >= 4 is 11.9 Å². The number of benzene rings is 1. The number of hydrogen-bond donors (Lipinski definition) is 1. The highest BCUT2D eigenvalue weighted by atomic mass is 16.5. The Morgan fingerprint density at radius 3 is 3.06 bits per heavy atom. The molecule has 1 aromatic rings. The molecule has 2 rings (SSSR count). The first-order chi connectivity index (χ1) is 8.22. The Labute approximate surface area is 99.0 Å². The van der Waals surface area contributed by atoms with Gasteiger partial charge in [0.15, 0.2) is 6.10 Å². The van der Waals surface area contributed by atoms with Crippen molar-refractivity contribution < 1.29 is 14.3 Å². The highest BCUT2D eigenvalue weighted by Crippen LogP contribution is 2.20. The summed E-state index contributed by atoms with van der Waals surface area (Å²) in [6, 6.07) is 7.09. The summed E-state index contributed by atoms with van der Waals surface area (Å²) in [5, 5.41) is 2.50. The molecule has 1 unspecified atom stereocenters. The van der Waals surface area contributed by atoms with Gasteiger partial charge in [-0.15, -0.1) is 6.42 Å². The fourth-order valence-electron chi connectivity index (χ4n) is 1.73. The van der Waals surface area contributed by atoms with Crippen LogP contribution in [-0.2, 0) is 16.0 Å². The van der Waals surface area contributed by atoms with Gasteiger partial charge in [0, 0.05) is 6.42 Å². The number of fused-ring (bicyclic) bond motifs is 1. The Morgan fingerprint density at radius 1 is 1.53 bits per heavy atom. The third-order valence-corrected chi connectivity index (χ3v) is 2.55. The second-order valence-electron chi connectivity index (χ2n) is 3.68. The first kappa shape index (κ1) is 11.2. The molecule has 1 aromatic carbocycles. The van der Waals surface area contributed by atoms with Gasteiger partial charge in [-0.1, -0.05) is 24.1 Å². The number of nitrogens with one attached hydrogen (secondary N) is 1. The van der Waals surface area contributed by atoms with Crippen LogP contribution >= 0.6 is 0 Å². The van der Waals surface area contributed by atoms with E-state index in [2.05, 4.69) is 11.2 Å². The molecular weight excluding hydrogens is 218 g/mol. The number of ether oxygens (including phenoxy) is 1. The lowest BCUT2D eigenvalue weighted by Gasteiger charge is -2.23. The smallest absolute Gasteiger partial charge is 0.339 e. The summed E-state index contributed by atoms with van der Waals surface area (Å²) in [6.07, 6.45) is 4.64. The molecule has 86 valence electrons. The molecule has 0 saturated carbocycles. The highest BCUT2D eigenvalue weighted by molar-refractivity contribution is 5.95. The van der Waals surface area contributed by atoms with Crippen molar-refractivity contribution in [3.63, 3.8) is 0 Å². The zero-order valence-corrected chi connectivity index (χ0v) is 9.10. The zero-order valence-electron chi connectivity index (χ0n) is 9.10. The summed E-state index contributed by atoms with van der Waals surface area (Å²) in [5.74, 6) is 1.47. The highest BCUT2D eigenvalue weighted by Gasteiger charge is 2.30. The van der Waals surface area contributed by atoms with Gasteiger partial charge in [-0.05, 0) is 11.6 Å². The van der Waals surface area contributed by atoms with Crippen LogP contribution in [0.5, 0.6) is 0 Å². The Hall–Kier alpha value is -2.28. The monoisotopic (exact) mass is 229 g/mol. The van der Waals surface area contributed by atoms with Crippen LogP contribution < -0.4 is 5.32 Å². The third kappa shape index (κ3) is 2.28. The molecule has 0 saturated heterocycles. The molecule has 1 amide bonds. The van der Waals surface area contributed by atoms with Gasteiger partial charge in [0.05, 0.1) is 12.1 Å². The second-order valence-corrected chi connectivity index (χ2v) is 3.68. The minimum absolute atomic E-state index is 0.133. The van der Waals surface area contributed by atoms with E-state index in [1.165, 1.54) is 0 Å². The van der Waals surface area contributed by atoms with Gasteiger partial charge in [0.25, 0.3) is 5.91 Å². The quantitative estimate of drug-likeness (QED) is 0.594. The molecule has 0 bridgehead atoms. The minimum Gasteiger partial charge on any atom is -0.448 e. The van der Waals surface area contributed by atoms with Crippen molar-refractivity contribution in [3.8, 4) is 12.3 Å². The SMILES string of the molecule is C#CCNC(=O)C1Cc2ccccc2C(=O)O1. The molecule has 1 aliphatic rings. The van der Waals surface area contributed by atoms with Gasteiger partial charge in [0.2, 0.25) is 0 Å². The third-order valence-electron chi connectivity index (χ3n) is 2.55. The molecule has 4 heteroatoms. The fraction of sp³-hybridized carbons (Fsp3) is 0.231. The normalized spacial score (nSPS) is 17.6. The van der Waals surface area contributed by atoms with E-state index in [0.717, 1.165) is 5.56 Å². The van der Waals surface area contributed by atoms with Gasteiger partial charge in [0.1, 0.15) is 0 Å². The van der Waals surface area contributed by atoms with E-state index in [-0.39, 0.29) is 12.5 Å². The van der Waals surface area contributed by atoms with Crippen molar-refractivity contribution in [1.82, 2.24) is 5.32 Å². The standard InChI is InChI=1S/C13H11NO3/c1-2-7-14-12(15)11-8-9-5-3-4-6-10(9)13(16)17-11/h1,3-6,11H,7-8H2,(H,14,15). The molecular formula is C13H11NO3. The predicted octanol–water partition coefficient (Wildman–Crippen LogP) is 0.517. The Balaban J connectivity index is 2.15. The number of esters is 1. The molecule has 0 spiro atoms. The number of carbonyl (C=O) groups is 2. The fourth-order valence-corrected chi connectivity index (χ4v) is 1.73. The van der Waals surface area contributed by atoms with E-state index in [1.54, 1.807) is 12.1 Å². The van der Waals surface area contributed by atoms with Crippen LogP contribution in [0.4, 0.5) is 0 Å². The molecule has 1 heterocycles. The average Bonchev–Trinajstić information content (AvgIpc) is 2.36. The maximum atomic E-state index is 11.6. The summed E-state index contributed by atoms with van der Waals surface area (Å²) in [5.41, 5.74) is 1.35. The van der Waals surface area contributed by atoms with Gasteiger partial charge >= 0.3 is 5.97 Å². The molecule has 17 heavy (non-hydrogen) atoms.